The molecule has 2 aromatic rings. The average molecular weight is 418 g/mol. The van der Waals surface area contributed by atoms with Crippen LogP contribution in [0.5, 0.6) is 0 Å². The van der Waals surface area contributed by atoms with Gasteiger partial charge in [-0.1, -0.05) is 40.8 Å². The number of carbonyl (C=O) groups excluding carboxylic acids is 1. The molecular weight excluding hydrogens is 403 g/mol. The third-order valence-corrected chi connectivity index (χ3v) is 3.81. The highest BCUT2D eigenvalue weighted by molar-refractivity contribution is 14.1. The highest BCUT2D eigenvalue weighted by Crippen LogP contribution is 2.37. The van der Waals surface area contributed by atoms with Crippen LogP contribution in [-0.4, -0.2) is 22.6 Å². The van der Waals surface area contributed by atoms with E-state index in [1.807, 2.05) is 31.2 Å². The minimum absolute atomic E-state index is 0.129. The van der Waals surface area contributed by atoms with Crippen LogP contribution in [-0.2, 0) is 18.8 Å². The number of thiol groups is 1. The number of nitrogens with zero attached hydrogens (tertiary/aromatic N) is 2. The highest BCUT2D eigenvalue weighted by Gasteiger charge is 2.24. The number of hydrogen-bond acceptors (Lipinski definition) is 5. The number of fused-ring (bicyclic) bond motifs is 1. The summed E-state index contributed by atoms with van der Waals surface area (Å²) in [6, 6.07) is 7.48. The molecule has 0 saturated heterocycles. The average Bonchev–Trinajstić information content (AvgIpc) is 2.44. The summed E-state index contributed by atoms with van der Waals surface area (Å²) in [6.07, 6.45) is 0.129. The van der Waals surface area contributed by atoms with Crippen molar-refractivity contribution in [3.05, 3.63) is 40.4 Å². The number of benzene rings is 1. The Kier molecular flexibility index (Phi) is 4.92. The number of ether oxygens (including phenoxy) is 1. The van der Waals surface area contributed by atoms with Crippen LogP contribution >= 0.6 is 35.2 Å². The molecule has 0 bridgehead atoms. The Balaban J connectivity index is 2.61. The second kappa shape index (κ2) is 6.35. The molecule has 1 unspecified atom stereocenters. The van der Waals surface area contributed by atoms with E-state index in [0.29, 0.717) is 5.69 Å². The van der Waals surface area contributed by atoms with Crippen LogP contribution in [0.4, 0.5) is 0 Å². The van der Waals surface area contributed by atoms with Crippen molar-refractivity contribution in [3.63, 3.8) is 0 Å². The van der Waals surface area contributed by atoms with Gasteiger partial charge in [0.1, 0.15) is 2.75 Å². The van der Waals surface area contributed by atoms with Crippen molar-refractivity contribution in [2.75, 3.05) is 7.11 Å². The monoisotopic (exact) mass is 418 g/mol. The number of methoxy groups -OCH3 is 1. The number of alkyl halides is 1. The first-order valence-electron chi connectivity index (χ1n) is 6.32. The van der Waals surface area contributed by atoms with Crippen molar-refractivity contribution in [3.8, 4) is 0 Å². The lowest BCUT2D eigenvalue weighted by Crippen LogP contribution is -2.28. The number of aryl methyl sites for hydroxylation is 1. The molecule has 1 aromatic carbocycles. The summed E-state index contributed by atoms with van der Waals surface area (Å²) < 4.78 is 5.55. The SMILES string of the molecule is COC(=O)CCn1c(=O)nc(C(C)(S)I)c2ccccc21. The van der Waals surface area contributed by atoms with Gasteiger partial charge in [-0.05, 0) is 13.0 Å². The van der Waals surface area contributed by atoms with Gasteiger partial charge in [-0.3, -0.25) is 9.36 Å². The van der Waals surface area contributed by atoms with Crippen molar-refractivity contribution in [2.24, 2.45) is 0 Å². The first kappa shape index (κ1) is 16.3. The molecule has 0 spiro atoms. The van der Waals surface area contributed by atoms with Crippen LogP contribution in [0.1, 0.15) is 19.0 Å². The third kappa shape index (κ3) is 3.57. The molecule has 0 radical (unpaired) electrons. The second-order valence-corrected chi connectivity index (χ2v) is 8.60. The van der Waals surface area contributed by atoms with E-state index in [1.165, 1.54) is 11.7 Å². The zero-order chi connectivity index (χ0) is 15.6. The van der Waals surface area contributed by atoms with Crippen LogP contribution in [0, 0.1) is 0 Å². The predicted molar refractivity (Wildman–Crippen MR) is 93.0 cm³/mol. The van der Waals surface area contributed by atoms with Crippen LogP contribution in [0.15, 0.2) is 29.1 Å². The Morgan fingerprint density at radius 3 is 2.76 bits per heavy atom. The minimum atomic E-state index is -0.558. The summed E-state index contributed by atoms with van der Waals surface area (Å²) in [4.78, 5) is 27.7. The lowest BCUT2D eigenvalue weighted by molar-refractivity contribution is -0.140. The molecule has 0 fully saturated rings. The number of esters is 1. The Labute approximate surface area is 141 Å². The third-order valence-electron chi connectivity index (χ3n) is 3.09. The molecule has 1 aromatic heterocycles. The van der Waals surface area contributed by atoms with E-state index >= 15 is 0 Å². The second-order valence-electron chi connectivity index (χ2n) is 4.69. The molecule has 0 aliphatic heterocycles. The van der Waals surface area contributed by atoms with E-state index in [2.05, 4.69) is 44.9 Å². The summed E-state index contributed by atoms with van der Waals surface area (Å²) in [5.74, 6) is -0.358. The molecule has 0 N–H and O–H groups in total. The van der Waals surface area contributed by atoms with Gasteiger partial charge in [0, 0.05) is 11.9 Å². The van der Waals surface area contributed by atoms with Gasteiger partial charge >= 0.3 is 11.7 Å². The molecule has 5 nitrogen and oxygen atoms in total. The van der Waals surface area contributed by atoms with Crippen LogP contribution < -0.4 is 5.69 Å². The topological polar surface area (TPSA) is 61.2 Å². The Bertz CT molecular complexity index is 737. The van der Waals surface area contributed by atoms with Gasteiger partial charge in [-0.15, -0.1) is 0 Å². The van der Waals surface area contributed by atoms with Crippen LogP contribution in [0.25, 0.3) is 10.9 Å². The van der Waals surface area contributed by atoms with E-state index in [9.17, 15) is 9.59 Å². The maximum Gasteiger partial charge on any atom is 0.348 e. The Hall–Kier alpha value is -1.09. The van der Waals surface area contributed by atoms with Gasteiger partial charge < -0.3 is 4.74 Å². The number of aromatic nitrogens is 2. The Morgan fingerprint density at radius 2 is 2.14 bits per heavy atom. The lowest BCUT2D eigenvalue weighted by atomic mass is 10.1. The summed E-state index contributed by atoms with van der Waals surface area (Å²) >= 11 is 6.64. The van der Waals surface area contributed by atoms with Crippen molar-refractivity contribution in [1.82, 2.24) is 9.55 Å². The zero-order valence-electron chi connectivity index (χ0n) is 11.7. The first-order chi connectivity index (χ1) is 9.84. The number of para-hydroxylation sites is 1. The fourth-order valence-corrected chi connectivity index (χ4v) is 2.68. The maximum absolute atomic E-state index is 12.3. The van der Waals surface area contributed by atoms with Gasteiger partial charge in [0.2, 0.25) is 0 Å². The number of hydrogen-bond donors (Lipinski definition) is 1. The van der Waals surface area contributed by atoms with E-state index in [0.717, 1.165) is 10.9 Å². The fraction of sp³-hybridized carbons (Fsp3) is 0.357. The quantitative estimate of drug-likeness (QED) is 0.359. The normalized spacial score (nSPS) is 13.9. The summed E-state index contributed by atoms with van der Waals surface area (Å²) in [6.45, 7) is 2.12. The van der Waals surface area contributed by atoms with Gasteiger partial charge in [0.25, 0.3) is 0 Å². The first-order valence-corrected chi connectivity index (χ1v) is 7.85. The van der Waals surface area contributed by atoms with Gasteiger partial charge in [-0.25, -0.2) is 4.79 Å². The fourth-order valence-electron chi connectivity index (χ4n) is 2.10. The molecule has 21 heavy (non-hydrogen) atoms. The summed E-state index contributed by atoms with van der Waals surface area (Å²) in [7, 11) is 1.33. The molecule has 1 atom stereocenters. The molecule has 0 aliphatic rings. The maximum atomic E-state index is 12.3. The molecule has 7 heteroatoms. The van der Waals surface area contributed by atoms with Crippen LogP contribution in [0.3, 0.4) is 0 Å². The molecular formula is C14H15IN2O3S. The zero-order valence-corrected chi connectivity index (χ0v) is 14.7. The summed E-state index contributed by atoms with van der Waals surface area (Å²) in [5.41, 5.74) is 0.985. The van der Waals surface area contributed by atoms with Crippen molar-refractivity contribution in [1.29, 1.82) is 0 Å². The lowest BCUT2D eigenvalue weighted by Gasteiger charge is -2.19. The molecule has 2 rings (SSSR count). The van der Waals surface area contributed by atoms with Crippen LogP contribution in [0.2, 0.25) is 0 Å². The van der Waals surface area contributed by atoms with E-state index in [1.54, 1.807) is 0 Å². The number of halogens is 1. The van der Waals surface area contributed by atoms with E-state index < -0.39 is 2.75 Å². The largest absolute Gasteiger partial charge is 0.469 e. The van der Waals surface area contributed by atoms with E-state index in [4.69, 9.17) is 0 Å². The van der Waals surface area contributed by atoms with Gasteiger partial charge in [-0.2, -0.15) is 17.6 Å². The molecule has 1 heterocycles. The minimum Gasteiger partial charge on any atom is -0.469 e. The van der Waals surface area contributed by atoms with Crippen molar-refractivity contribution in [2.45, 2.75) is 22.6 Å². The molecule has 0 saturated carbocycles. The Morgan fingerprint density at radius 1 is 1.48 bits per heavy atom. The number of carbonyl (C=O) groups is 1. The highest BCUT2D eigenvalue weighted by atomic mass is 127. The van der Waals surface area contributed by atoms with Gasteiger partial charge in [0.05, 0.1) is 24.7 Å². The predicted octanol–water partition coefficient (Wildman–Crippen LogP) is 2.50. The molecule has 112 valence electrons. The summed E-state index contributed by atoms with van der Waals surface area (Å²) in [5, 5.41) is 0.855. The molecule has 0 aliphatic carbocycles. The van der Waals surface area contributed by atoms with Crippen molar-refractivity contribution >= 4 is 52.1 Å². The number of rotatable bonds is 4. The standard InChI is InChI=1S/C14H15IN2O3S/c1-14(15,21)12-9-5-3-4-6-10(9)17(13(19)16-12)8-7-11(18)20-2/h3-6,21H,7-8H2,1-2H3. The van der Waals surface area contributed by atoms with Crippen molar-refractivity contribution < 1.29 is 9.53 Å². The van der Waals surface area contributed by atoms with Gasteiger partial charge in [0.15, 0.2) is 0 Å². The van der Waals surface area contributed by atoms with E-state index in [-0.39, 0.29) is 24.6 Å². The molecule has 0 amide bonds. The smallest absolute Gasteiger partial charge is 0.348 e.